The Kier molecular flexibility index (Phi) is 8.23. The Morgan fingerprint density at radius 3 is 2.08 bits per heavy atom. The highest BCUT2D eigenvalue weighted by molar-refractivity contribution is 6.58. The molecule has 1 aromatic carbocycles. The standard InChI is InChI=1S/C24H39FSi/c1-2-3-4-17-26-18-15-21(16-19-26)6-5-20-7-9-22(10-8-20)23-11-13-24(25)14-12-23/h11-14,20-22,26H,2-10,15-19H2,1H3. The van der Waals surface area contributed by atoms with Crippen LogP contribution in [-0.2, 0) is 0 Å². The van der Waals surface area contributed by atoms with E-state index < -0.39 is 0 Å². The molecule has 146 valence electrons. The van der Waals surface area contributed by atoms with Crippen LogP contribution in [0.5, 0.6) is 0 Å². The monoisotopic (exact) mass is 374 g/mol. The molecular weight excluding hydrogens is 335 g/mol. The SMILES string of the molecule is CCCCC[SiH]1CCC(CCC2CCC(c3ccc(F)cc3)CC2)CC1. The van der Waals surface area contributed by atoms with E-state index in [-0.39, 0.29) is 14.6 Å². The van der Waals surface area contributed by atoms with Gasteiger partial charge >= 0.3 is 0 Å². The first-order valence-electron chi connectivity index (χ1n) is 11.5. The molecule has 0 radical (unpaired) electrons. The molecular formula is C24H39FSi. The van der Waals surface area contributed by atoms with Crippen molar-refractivity contribution in [3.05, 3.63) is 35.6 Å². The van der Waals surface area contributed by atoms with Crippen molar-refractivity contribution in [1.82, 2.24) is 0 Å². The molecule has 2 fully saturated rings. The molecule has 1 aliphatic heterocycles. The third-order valence-electron chi connectivity index (χ3n) is 7.35. The largest absolute Gasteiger partial charge is 0.207 e. The van der Waals surface area contributed by atoms with Gasteiger partial charge in [0.25, 0.3) is 0 Å². The predicted octanol–water partition coefficient (Wildman–Crippen LogP) is 7.71. The third kappa shape index (κ3) is 6.22. The maximum Gasteiger partial charge on any atom is 0.123 e. The van der Waals surface area contributed by atoms with Crippen LogP contribution in [0.3, 0.4) is 0 Å². The van der Waals surface area contributed by atoms with Crippen molar-refractivity contribution in [3.8, 4) is 0 Å². The number of hydrogen-bond acceptors (Lipinski definition) is 0. The van der Waals surface area contributed by atoms with Crippen molar-refractivity contribution in [3.63, 3.8) is 0 Å². The quantitative estimate of drug-likeness (QED) is 0.323. The Hall–Kier alpha value is -0.633. The van der Waals surface area contributed by atoms with Crippen LogP contribution in [-0.4, -0.2) is 8.80 Å². The molecule has 0 unspecified atom stereocenters. The van der Waals surface area contributed by atoms with Gasteiger partial charge in [0.15, 0.2) is 0 Å². The van der Waals surface area contributed by atoms with E-state index in [1.165, 1.54) is 63.4 Å². The first kappa shape index (κ1) is 20.1. The second-order valence-corrected chi connectivity index (χ2v) is 12.7. The first-order chi connectivity index (χ1) is 12.7. The molecule has 0 nitrogen and oxygen atoms in total. The van der Waals surface area contributed by atoms with Gasteiger partial charge in [-0.15, -0.1) is 0 Å². The maximum absolute atomic E-state index is 13.1. The van der Waals surface area contributed by atoms with E-state index >= 15 is 0 Å². The number of hydrogen-bond donors (Lipinski definition) is 0. The maximum atomic E-state index is 13.1. The van der Waals surface area contributed by atoms with Crippen molar-refractivity contribution >= 4 is 8.80 Å². The number of unbranched alkanes of at least 4 members (excludes halogenated alkanes) is 2. The Balaban J connectivity index is 1.30. The van der Waals surface area contributed by atoms with E-state index in [0.29, 0.717) is 5.92 Å². The van der Waals surface area contributed by atoms with Gasteiger partial charge in [-0.05, 0) is 61.1 Å². The fraction of sp³-hybridized carbons (Fsp3) is 0.750. The highest BCUT2D eigenvalue weighted by Gasteiger charge is 2.25. The lowest BCUT2D eigenvalue weighted by Crippen LogP contribution is -2.22. The highest BCUT2D eigenvalue weighted by Crippen LogP contribution is 2.39. The molecule has 0 bridgehead atoms. The minimum absolute atomic E-state index is 0.106. The van der Waals surface area contributed by atoms with E-state index in [1.54, 1.807) is 43.1 Å². The molecule has 26 heavy (non-hydrogen) atoms. The molecule has 1 saturated carbocycles. The Morgan fingerprint density at radius 1 is 0.846 bits per heavy atom. The van der Waals surface area contributed by atoms with Gasteiger partial charge in [-0.1, -0.05) is 82.1 Å². The molecule has 1 saturated heterocycles. The van der Waals surface area contributed by atoms with E-state index in [2.05, 4.69) is 6.92 Å². The molecule has 1 aromatic rings. The lowest BCUT2D eigenvalue weighted by Gasteiger charge is -2.32. The molecule has 3 rings (SSSR count). The van der Waals surface area contributed by atoms with Crippen molar-refractivity contribution in [2.24, 2.45) is 11.8 Å². The summed E-state index contributed by atoms with van der Waals surface area (Å²) in [5, 5.41) is 0. The number of halogens is 1. The fourth-order valence-electron chi connectivity index (χ4n) is 5.48. The average Bonchev–Trinajstić information content (AvgIpc) is 2.69. The minimum atomic E-state index is -0.329. The van der Waals surface area contributed by atoms with Gasteiger partial charge in [-0.3, -0.25) is 0 Å². The molecule has 0 N–H and O–H groups in total. The van der Waals surface area contributed by atoms with Crippen LogP contribution >= 0.6 is 0 Å². The van der Waals surface area contributed by atoms with Crippen LogP contribution in [0.15, 0.2) is 24.3 Å². The van der Waals surface area contributed by atoms with Gasteiger partial charge < -0.3 is 0 Å². The molecule has 0 aromatic heterocycles. The van der Waals surface area contributed by atoms with Gasteiger partial charge in [0.1, 0.15) is 5.82 Å². The topological polar surface area (TPSA) is 0 Å². The minimum Gasteiger partial charge on any atom is -0.207 e. The summed E-state index contributed by atoms with van der Waals surface area (Å²) in [6.45, 7) is 2.32. The Bertz CT molecular complexity index is 495. The zero-order valence-corrected chi connectivity index (χ0v) is 18.1. The van der Waals surface area contributed by atoms with E-state index in [9.17, 15) is 4.39 Å². The lowest BCUT2D eigenvalue weighted by atomic mass is 9.76. The van der Waals surface area contributed by atoms with Crippen molar-refractivity contribution < 1.29 is 4.39 Å². The van der Waals surface area contributed by atoms with Gasteiger partial charge in [0.05, 0.1) is 0 Å². The molecule has 0 spiro atoms. The smallest absolute Gasteiger partial charge is 0.123 e. The van der Waals surface area contributed by atoms with Crippen LogP contribution in [0.1, 0.15) is 89.0 Å². The van der Waals surface area contributed by atoms with E-state index in [0.717, 1.165) is 11.8 Å². The molecule has 1 aliphatic carbocycles. The predicted molar refractivity (Wildman–Crippen MR) is 114 cm³/mol. The van der Waals surface area contributed by atoms with Gasteiger partial charge in [0.2, 0.25) is 0 Å². The highest BCUT2D eigenvalue weighted by atomic mass is 28.3. The summed E-state index contributed by atoms with van der Waals surface area (Å²) >= 11 is 0. The summed E-state index contributed by atoms with van der Waals surface area (Å²) in [5.74, 6) is 2.59. The first-order valence-corrected chi connectivity index (χ1v) is 13.9. The van der Waals surface area contributed by atoms with E-state index in [1.807, 2.05) is 12.1 Å². The molecule has 2 heteroatoms. The van der Waals surface area contributed by atoms with Crippen molar-refractivity contribution in [1.29, 1.82) is 0 Å². The van der Waals surface area contributed by atoms with Crippen LogP contribution < -0.4 is 0 Å². The Labute approximate surface area is 162 Å². The second-order valence-electron chi connectivity index (χ2n) is 9.23. The summed E-state index contributed by atoms with van der Waals surface area (Å²) in [6, 6.07) is 12.2. The van der Waals surface area contributed by atoms with Crippen LogP contribution in [0.4, 0.5) is 4.39 Å². The molecule has 1 heterocycles. The molecule has 0 amide bonds. The van der Waals surface area contributed by atoms with Crippen molar-refractivity contribution in [2.75, 3.05) is 0 Å². The Morgan fingerprint density at radius 2 is 1.46 bits per heavy atom. The van der Waals surface area contributed by atoms with Gasteiger partial charge in [-0.2, -0.15) is 0 Å². The number of benzene rings is 1. The van der Waals surface area contributed by atoms with Crippen LogP contribution in [0.2, 0.25) is 18.1 Å². The van der Waals surface area contributed by atoms with E-state index in [4.69, 9.17) is 0 Å². The zero-order valence-electron chi connectivity index (χ0n) is 16.9. The normalized spacial score (nSPS) is 29.6. The third-order valence-corrected chi connectivity index (χ3v) is 10.9. The summed E-state index contributed by atoms with van der Waals surface area (Å²) < 4.78 is 13.1. The van der Waals surface area contributed by atoms with Crippen molar-refractivity contribution in [2.45, 2.75) is 102 Å². The van der Waals surface area contributed by atoms with Gasteiger partial charge in [0, 0.05) is 8.80 Å². The zero-order chi connectivity index (χ0) is 18.2. The van der Waals surface area contributed by atoms with Gasteiger partial charge in [-0.25, -0.2) is 4.39 Å². The van der Waals surface area contributed by atoms with Crippen LogP contribution in [0, 0.1) is 17.7 Å². The molecule has 0 atom stereocenters. The summed E-state index contributed by atoms with van der Waals surface area (Å²) in [5.41, 5.74) is 1.36. The van der Waals surface area contributed by atoms with Crippen LogP contribution in [0.25, 0.3) is 0 Å². The lowest BCUT2D eigenvalue weighted by molar-refractivity contribution is 0.280. The number of rotatable bonds is 8. The second kappa shape index (κ2) is 10.6. The molecule has 2 aliphatic rings. The summed E-state index contributed by atoms with van der Waals surface area (Å²) in [4.78, 5) is 0. The summed E-state index contributed by atoms with van der Waals surface area (Å²) in [6.07, 6.45) is 15.9. The fourth-order valence-corrected chi connectivity index (χ4v) is 9.10. The summed E-state index contributed by atoms with van der Waals surface area (Å²) in [7, 11) is -0.329. The average molecular weight is 375 g/mol.